The van der Waals surface area contributed by atoms with Crippen LogP contribution in [0.3, 0.4) is 0 Å². The number of nitrogens with one attached hydrogen (secondary N) is 1. The van der Waals surface area contributed by atoms with E-state index in [2.05, 4.69) is 5.32 Å². The summed E-state index contributed by atoms with van der Waals surface area (Å²) in [6, 6.07) is 3.57. The van der Waals surface area contributed by atoms with Crippen LogP contribution in [0.2, 0.25) is 5.02 Å². The number of hydrogen-bond acceptors (Lipinski definition) is 3. The van der Waals surface area contributed by atoms with Crippen LogP contribution in [-0.2, 0) is 17.6 Å². The number of carbonyl (C=O) groups is 1. The molecule has 1 aliphatic heterocycles. The predicted octanol–water partition coefficient (Wildman–Crippen LogP) is 2.48. The number of fused-ring (bicyclic) bond motifs is 1. The molecule has 0 bridgehead atoms. The topological polar surface area (TPSA) is 58.6 Å². The van der Waals surface area contributed by atoms with Gasteiger partial charge >= 0.3 is 0 Å². The molecule has 1 atom stereocenters. The van der Waals surface area contributed by atoms with Gasteiger partial charge in [-0.25, -0.2) is 0 Å². The number of halogens is 1. The molecule has 1 aromatic rings. The highest BCUT2D eigenvalue weighted by Crippen LogP contribution is 2.33. The van der Waals surface area contributed by atoms with Crippen molar-refractivity contribution in [2.75, 3.05) is 13.2 Å². The molecule has 2 N–H and O–H groups in total. The maximum Gasteiger partial charge on any atom is 0.224 e. The Hall–Kier alpha value is -1.26. The number of rotatable bonds is 5. The Bertz CT molecular complexity index is 555. The molecule has 1 unspecified atom stereocenters. The van der Waals surface area contributed by atoms with Gasteiger partial charge in [-0.3, -0.25) is 4.79 Å². The maximum absolute atomic E-state index is 12.3. The van der Waals surface area contributed by atoms with Gasteiger partial charge in [-0.2, -0.15) is 0 Å². The molecule has 1 amide bonds. The molecule has 5 heteroatoms. The summed E-state index contributed by atoms with van der Waals surface area (Å²) in [6.07, 6.45) is 5.62. The highest BCUT2D eigenvalue weighted by Gasteiger charge is 2.26. The number of ether oxygens (including phenoxy) is 1. The van der Waals surface area contributed by atoms with Crippen molar-refractivity contribution < 1.29 is 14.6 Å². The third-order valence-corrected chi connectivity index (χ3v) is 4.91. The van der Waals surface area contributed by atoms with Crippen molar-refractivity contribution >= 4 is 17.5 Å². The van der Waals surface area contributed by atoms with Crippen LogP contribution in [-0.4, -0.2) is 30.3 Å². The van der Waals surface area contributed by atoms with E-state index in [0.29, 0.717) is 17.5 Å². The van der Waals surface area contributed by atoms with Crippen LogP contribution >= 0.6 is 11.6 Å². The van der Waals surface area contributed by atoms with E-state index in [1.165, 1.54) is 12.8 Å². The third-order valence-electron chi connectivity index (χ3n) is 4.69. The minimum atomic E-state index is -0.136. The lowest BCUT2D eigenvalue weighted by Crippen LogP contribution is -2.42. The molecule has 1 fully saturated rings. The molecule has 0 aromatic heterocycles. The number of aliphatic hydroxyl groups excluding tert-OH is 1. The van der Waals surface area contributed by atoms with Gasteiger partial charge in [-0.1, -0.05) is 24.4 Å². The average molecular weight is 324 g/mol. The lowest BCUT2D eigenvalue weighted by molar-refractivity contribution is -0.121. The molecule has 0 radical (unpaired) electrons. The van der Waals surface area contributed by atoms with Crippen LogP contribution in [0.5, 0.6) is 5.75 Å². The summed E-state index contributed by atoms with van der Waals surface area (Å²) in [5, 5.41) is 13.2. The first-order chi connectivity index (χ1) is 10.7. The monoisotopic (exact) mass is 323 g/mol. The second-order valence-electron chi connectivity index (χ2n) is 6.23. The van der Waals surface area contributed by atoms with Gasteiger partial charge in [0.15, 0.2) is 0 Å². The van der Waals surface area contributed by atoms with Gasteiger partial charge in [-0.15, -0.1) is 0 Å². The van der Waals surface area contributed by atoms with E-state index in [1.54, 1.807) is 6.07 Å². The highest BCUT2D eigenvalue weighted by molar-refractivity contribution is 6.30. The zero-order valence-corrected chi connectivity index (χ0v) is 13.4. The van der Waals surface area contributed by atoms with Crippen molar-refractivity contribution in [1.82, 2.24) is 5.32 Å². The van der Waals surface area contributed by atoms with Crippen molar-refractivity contribution in [1.29, 1.82) is 0 Å². The predicted molar refractivity (Wildman–Crippen MR) is 85.3 cm³/mol. The van der Waals surface area contributed by atoms with Crippen molar-refractivity contribution in [3.8, 4) is 5.75 Å². The first kappa shape index (κ1) is 15.6. The highest BCUT2D eigenvalue weighted by atomic mass is 35.5. The van der Waals surface area contributed by atoms with E-state index < -0.39 is 0 Å². The smallest absolute Gasteiger partial charge is 0.224 e. The molecule has 1 heterocycles. The summed E-state index contributed by atoms with van der Waals surface area (Å²) >= 11 is 6.12. The molecule has 0 saturated heterocycles. The van der Waals surface area contributed by atoms with Gasteiger partial charge in [0, 0.05) is 17.0 Å². The molecule has 1 aromatic carbocycles. The Morgan fingerprint density at radius 3 is 2.91 bits per heavy atom. The van der Waals surface area contributed by atoms with E-state index >= 15 is 0 Å². The fourth-order valence-corrected chi connectivity index (χ4v) is 3.84. The Morgan fingerprint density at radius 2 is 2.18 bits per heavy atom. The lowest BCUT2D eigenvalue weighted by Gasteiger charge is -2.22. The Morgan fingerprint density at radius 1 is 1.41 bits per heavy atom. The Kier molecular flexibility index (Phi) is 4.89. The van der Waals surface area contributed by atoms with Crippen molar-refractivity contribution in [2.24, 2.45) is 5.92 Å². The van der Waals surface area contributed by atoms with Crippen LogP contribution in [0.15, 0.2) is 12.1 Å². The Balaban J connectivity index is 1.66. The molecular formula is C17H22ClNO3. The van der Waals surface area contributed by atoms with Crippen molar-refractivity contribution in [3.63, 3.8) is 0 Å². The number of hydrogen-bond donors (Lipinski definition) is 2. The molecule has 1 aliphatic carbocycles. The zero-order chi connectivity index (χ0) is 15.5. The van der Waals surface area contributed by atoms with E-state index in [-0.39, 0.29) is 25.0 Å². The maximum atomic E-state index is 12.3. The molecule has 4 nitrogen and oxygen atoms in total. The van der Waals surface area contributed by atoms with Crippen LogP contribution in [0, 0.1) is 5.92 Å². The third kappa shape index (κ3) is 3.39. The molecule has 0 spiro atoms. The summed E-state index contributed by atoms with van der Waals surface area (Å²) < 4.78 is 5.63. The first-order valence-corrected chi connectivity index (χ1v) is 8.39. The van der Waals surface area contributed by atoms with Gasteiger partial charge in [-0.05, 0) is 36.5 Å². The van der Waals surface area contributed by atoms with Crippen LogP contribution < -0.4 is 10.1 Å². The van der Waals surface area contributed by atoms with E-state index in [1.807, 2.05) is 6.07 Å². The van der Waals surface area contributed by atoms with Crippen LogP contribution in [0.1, 0.15) is 36.8 Å². The van der Waals surface area contributed by atoms with Gasteiger partial charge < -0.3 is 15.2 Å². The summed E-state index contributed by atoms with van der Waals surface area (Å²) in [7, 11) is 0. The fraction of sp³-hybridized carbons (Fsp3) is 0.588. The zero-order valence-electron chi connectivity index (χ0n) is 12.6. The second-order valence-corrected chi connectivity index (χ2v) is 6.67. The SMILES string of the molecule is O=C(Cc1cc(Cl)cc2c1OCC2)NC(CO)C1CCCC1. The van der Waals surface area contributed by atoms with E-state index in [0.717, 1.165) is 36.1 Å². The molecule has 22 heavy (non-hydrogen) atoms. The average Bonchev–Trinajstić information content (AvgIpc) is 3.15. The van der Waals surface area contributed by atoms with E-state index in [4.69, 9.17) is 16.3 Å². The lowest BCUT2D eigenvalue weighted by atomic mass is 9.98. The minimum Gasteiger partial charge on any atom is -0.493 e. The quantitative estimate of drug-likeness (QED) is 0.875. The summed E-state index contributed by atoms with van der Waals surface area (Å²) in [6.45, 7) is 0.645. The summed E-state index contributed by atoms with van der Waals surface area (Å²) in [4.78, 5) is 12.3. The molecule has 3 rings (SSSR count). The van der Waals surface area contributed by atoms with Gasteiger partial charge in [0.05, 0.1) is 25.7 Å². The number of carbonyl (C=O) groups excluding carboxylic acids is 1. The largest absolute Gasteiger partial charge is 0.493 e. The number of benzene rings is 1. The molecular weight excluding hydrogens is 302 g/mol. The second kappa shape index (κ2) is 6.88. The van der Waals surface area contributed by atoms with E-state index in [9.17, 15) is 9.90 Å². The molecule has 1 saturated carbocycles. The minimum absolute atomic E-state index is 0.000555. The van der Waals surface area contributed by atoms with Gasteiger partial charge in [0.2, 0.25) is 5.91 Å². The standard InChI is InChI=1S/C17H22ClNO3/c18-14-7-12-5-6-22-17(12)13(8-14)9-16(21)19-15(10-20)11-3-1-2-4-11/h7-8,11,15,20H,1-6,9-10H2,(H,19,21). The van der Waals surface area contributed by atoms with Gasteiger partial charge in [0.1, 0.15) is 5.75 Å². The van der Waals surface area contributed by atoms with Gasteiger partial charge in [0.25, 0.3) is 0 Å². The molecule has 2 aliphatic rings. The number of amides is 1. The van der Waals surface area contributed by atoms with Crippen LogP contribution in [0.25, 0.3) is 0 Å². The van der Waals surface area contributed by atoms with Crippen molar-refractivity contribution in [2.45, 2.75) is 44.6 Å². The Labute approximate surface area is 135 Å². The fourth-order valence-electron chi connectivity index (χ4n) is 3.58. The molecule has 120 valence electrons. The summed E-state index contributed by atoms with van der Waals surface area (Å²) in [5.74, 6) is 1.13. The normalized spacial score (nSPS) is 18.8. The van der Waals surface area contributed by atoms with Crippen LogP contribution in [0.4, 0.5) is 0 Å². The first-order valence-electron chi connectivity index (χ1n) is 8.01. The summed E-state index contributed by atoms with van der Waals surface area (Å²) in [5.41, 5.74) is 1.91. The number of aliphatic hydroxyl groups is 1. The van der Waals surface area contributed by atoms with Crippen molar-refractivity contribution in [3.05, 3.63) is 28.3 Å².